The van der Waals surface area contributed by atoms with Crippen molar-refractivity contribution in [3.8, 4) is 0 Å². The summed E-state index contributed by atoms with van der Waals surface area (Å²) in [6.45, 7) is 4.84. The van der Waals surface area contributed by atoms with E-state index in [2.05, 4.69) is 36.5 Å². The molecular formula is C14H16BrFN4. The van der Waals surface area contributed by atoms with E-state index in [-0.39, 0.29) is 5.82 Å². The van der Waals surface area contributed by atoms with Crippen LogP contribution < -0.4 is 10.6 Å². The zero-order valence-electron chi connectivity index (χ0n) is 11.4. The molecule has 2 rings (SSSR count). The average molecular weight is 339 g/mol. The molecule has 0 aliphatic carbocycles. The number of hydrogen-bond acceptors (Lipinski definition) is 4. The van der Waals surface area contributed by atoms with Gasteiger partial charge in [-0.3, -0.25) is 0 Å². The van der Waals surface area contributed by atoms with Crippen molar-refractivity contribution < 1.29 is 4.39 Å². The molecule has 4 nitrogen and oxygen atoms in total. The highest BCUT2D eigenvalue weighted by atomic mass is 79.9. The van der Waals surface area contributed by atoms with Gasteiger partial charge >= 0.3 is 0 Å². The smallest absolute Gasteiger partial charge is 0.139 e. The average Bonchev–Trinajstić information content (AvgIpc) is 2.44. The van der Waals surface area contributed by atoms with Crippen molar-refractivity contribution in [2.45, 2.75) is 20.3 Å². The van der Waals surface area contributed by atoms with Crippen LogP contribution in [0.2, 0.25) is 0 Å². The largest absolute Gasteiger partial charge is 0.370 e. The Balaban J connectivity index is 2.32. The van der Waals surface area contributed by atoms with E-state index in [4.69, 9.17) is 0 Å². The summed E-state index contributed by atoms with van der Waals surface area (Å²) in [5.41, 5.74) is 1.64. The molecule has 106 valence electrons. The molecule has 20 heavy (non-hydrogen) atoms. The van der Waals surface area contributed by atoms with E-state index in [1.807, 2.05) is 13.8 Å². The van der Waals surface area contributed by atoms with Crippen LogP contribution in [-0.2, 0) is 6.42 Å². The Labute approximate surface area is 126 Å². The van der Waals surface area contributed by atoms with Crippen LogP contribution in [-0.4, -0.2) is 16.5 Å². The first kappa shape index (κ1) is 14.7. The maximum atomic E-state index is 13.5. The highest BCUT2D eigenvalue weighted by molar-refractivity contribution is 9.10. The molecule has 0 amide bonds. The maximum absolute atomic E-state index is 13.5. The Morgan fingerprint density at radius 2 is 1.95 bits per heavy atom. The molecule has 0 aliphatic heterocycles. The summed E-state index contributed by atoms with van der Waals surface area (Å²) >= 11 is 3.14. The van der Waals surface area contributed by atoms with Crippen molar-refractivity contribution in [2.24, 2.45) is 0 Å². The Hall–Kier alpha value is -1.69. The Morgan fingerprint density at radius 3 is 2.60 bits per heavy atom. The molecule has 1 aromatic carbocycles. The number of nitrogens with one attached hydrogen (secondary N) is 2. The third kappa shape index (κ3) is 3.25. The van der Waals surface area contributed by atoms with Crippen LogP contribution >= 0.6 is 15.9 Å². The van der Waals surface area contributed by atoms with Crippen molar-refractivity contribution in [1.82, 2.24) is 9.97 Å². The number of nitrogens with zero attached hydrogens (tertiary/aromatic N) is 2. The van der Waals surface area contributed by atoms with Gasteiger partial charge in [0, 0.05) is 17.8 Å². The van der Waals surface area contributed by atoms with Crippen LogP contribution in [0.25, 0.3) is 0 Å². The number of rotatable bonds is 5. The quantitative estimate of drug-likeness (QED) is 0.861. The van der Waals surface area contributed by atoms with Gasteiger partial charge in [0.1, 0.15) is 23.8 Å². The van der Waals surface area contributed by atoms with Crippen molar-refractivity contribution in [1.29, 1.82) is 0 Å². The number of aromatic nitrogens is 2. The summed E-state index contributed by atoms with van der Waals surface area (Å²) in [5, 5.41) is 6.34. The summed E-state index contributed by atoms with van der Waals surface area (Å²) < 4.78 is 14.0. The summed E-state index contributed by atoms with van der Waals surface area (Å²) in [4.78, 5) is 8.47. The number of anilines is 3. The van der Waals surface area contributed by atoms with Gasteiger partial charge < -0.3 is 10.6 Å². The summed E-state index contributed by atoms with van der Waals surface area (Å²) in [6, 6.07) is 4.88. The third-order valence-corrected chi connectivity index (χ3v) is 3.47. The number of halogens is 2. The Kier molecular flexibility index (Phi) is 4.89. The standard InChI is InChI=1S/C14H16BrFN4/c1-3-10-13(17-4-2)18-8-19-14(10)20-9-5-6-11(15)12(16)7-9/h5-8H,3-4H2,1-2H3,(H2,17,18,19,20). The molecule has 6 heteroatoms. The second-order valence-corrected chi connectivity index (χ2v) is 5.04. The minimum absolute atomic E-state index is 0.311. The maximum Gasteiger partial charge on any atom is 0.139 e. The molecule has 1 heterocycles. The Bertz CT molecular complexity index is 604. The van der Waals surface area contributed by atoms with Crippen LogP contribution in [0.4, 0.5) is 21.7 Å². The molecule has 0 aliphatic rings. The zero-order valence-corrected chi connectivity index (χ0v) is 13.0. The van der Waals surface area contributed by atoms with Crippen LogP contribution in [0.5, 0.6) is 0 Å². The highest BCUT2D eigenvalue weighted by Gasteiger charge is 2.10. The van der Waals surface area contributed by atoms with Gasteiger partial charge in [-0.2, -0.15) is 0 Å². The first-order valence-corrected chi connectivity index (χ1v) is 7.24. The van der Waals surface area contributed by atoms with Gasteiger partial charge in [0.15, 0.2) is 0 Å². The molecule has 0 spiro atoms. The van der Waals surface area contributed by atoms with Gasteiger partial charge in [-0.25, -0.2) is 14.4 Å². The SMILES string of the molecule is CCNc1ncnc(Nc2ccc(Br)c(F)c2)c1CC. The van der Waals surface area contributed by atoms with Gasteiger partial charge in [-0.15, -0.1) is 0 Å². The molecule has 0 fully saturated rings. The van der Waals surface area contributed by atoms with Crippen LogP contribution in [0, 0.1) is 5.82 Å². The van der Waals surface area contributed by atoms with E-state index < -0.39 is 0 Å². The molecule has 0 saturated heterocycles. The molecule has 1 aromatic heterocycles. The van der Waals surface area contributed by atoms with E-state index in [1.165, 1.54) is 12.4 Å². The fraction of sp³-hybridized carbons (Fsp3) is 0.286. The van der Waals surface area contributed by atoms with Crippen LogP contribution in [0.3, 0.4) is 0 Å². The van der Waals surface area contributed by atoms with Gasteiger partial charge in [-0.05, 0) is 47.5 Å². The fourth-order valence-corrected chi connectivity index (χ4v) is 2.13. The van der Waals surface area contributed by atoms with Gasteiger partial charge in [0.25, 0.3) is 0 Å². The monoisotopic (exact) mass is 338 g/mol. The van der Waals surface area contributed by atoms with Gasteiger partial charge in [0.05, 0.1) is 4.47 Å². The van der Waals surface area contributed by atoms with E-state index in [0.717, 1.165) is 24.3 Å². The molecule has 2 aromatic rings. The molecule has 0 bridgehead atoms. The number of hydrogen-bond donors (Lipinski definition) is 2. The molecule has 0 atom stereocenters. The lowest BCUT2D eigenvalue weighted by Gasteiger charge is -2.14. The first-order chi connectivity index (χ1) is 9.65. The summed E-state index contributed by atoms with van der Waals surface area (Å²) in [6.07, 6.45) is 2.28. The van der Waals surface area contributed by atoms with Crippen molar-refractivity contribution in [3.05, 3.63) is 40.4 Å². The minimum atomic E-state index is -0.311. The Morgan fingerprint density at radius 1 is 1.20 bits per heavy atom. The lowest BCUT2D eigenvalue weighted by Crippen LogP contribution is -2.07. The van der Waals surface area contributed by atoms with E-state index >= 15 is 0 Å². The molecule has 0 radical (unpaired) electrons. The third-order valence-electron chi connectivity index (χ3n) is 2.83. The van der Waals surface area contributed by atoms with E-state index in [0.29, 0.717) is 16.0 Å². The summed E-state index contributed by atoms with van der Waals surface area (Å²) in [5.74, 6) is 1.19. The van der Waals surface area contributed by atoms with Crippen molar-refractivity contribution in [2.75, 3.05) is 17.2 Å². The van der Waals surface area contributed by atoms with Gasteiger partial charge in [0.2, 0.25) is 0 Å². The first-order valence-electron chi connectivity index (χ1n) is 6.45. The second kappa shape index (κ2) is 6.65. The van der Waals surface area contributed by atoms with Crippen LogP contribution in [0.1, 0.15) is 19.4 Å². The van der Waals surface area contributed by atoms with Crippen molar-refractivity contribution >= 4 is 33.3 Å². The summed E-state index contributed by atoms with van der Waals surface area (Å²) in [7, 11) is 0. The van der Waals surface area contributed by atoms with Crippen molar-refractivity contribution in [3.63, 3.8) is 0 Å². The predicted molar refractivity (Wildman–Crippen MR) is 83.0 cm³/mol. The van der Waals surface area contributed by atoms with Gasteiger partial charge in [-0.1, -0.05) is 6.92 Å². The molecule has 0 saturated carbocycles. The lowest BCUT2D eigenvalue weighted by molar-refractivity contribution is 0.622. The topological polar surface area (TPSA) is 49.8 Å². The highest BCUT2D eigenvalue weighted by Crippen LogP contribution is 2.26. The zero-order chi connectivity index (χ0) is 14.5. The van der Waals surface area contributed by atoms with E-state index in [9.17, 15) is 4.39 Å². The molecule has 2 N–H and O–H groups in total. The second-order valence-electron chi connectivity index (χ2n) is 4.19. The fourth-order valence-electron chi connectivity index (χ4n) is 1.89. The minimum Gasteiger partial charge on any atom is -0.370 e. The molecule has 0 unspecified atom stereocenters. The van der Waals surface area contributed by atoms with E-state index in [1.54, 1.807) is 12.1 Å². The lowest BCUT2D eigenvalue weighted by atomic mass is 10.2. The number of benzene rings is 1. The van der Waals surface area contributed by atoms with Crippen LogP contribution in [0.15, 0.2) is 29.0 Å². The normalized spacial score (nSPS) is 10.4. The predicted octanol–water partition coefficient (Wildman–Crippen LogP) is 4.12. The molecular weight excluding hydrogens is 323 g/mol.